The topological polar surface area (TPSA) is 50.2 Å². The van der Waals surface area contributed by atoms with Gasteiger partial charge >= 0.3 is 5.97 Å². The highest BCUT2D eigenvalue weighted by molar-refractivity contribution is 7.98. The molecule has 0 bridgehead atoms. The van der Waals surface area contributed by atoms with Gasteiger partial charge in [-0.2, -0.15) is 0 Å². The van der Waals surface area contributed by atoms with E-state index in [9.17, 15) is 9.90 Å². The van der Waals surface area contributed by atoms with Crippen molar-refractivity contribution in [2.75, 3.05) is 6.26 Å². The van der Waals surface area contributed by atoms with Crippen molar-refractivity contribution in [2.45, 2.75) is 24.8 Å². The summed E-state index contributed by atoms with van der Waals surface area (Å²) in [5, 5.41) is 9.98. The van der Waals surface area contributed by atoms with Gasteiger partial charge in [-0.3, -0.25) is 4.79 Å². The first kappa shape index (κ1) is 12.0. The average molecular weight is 225 g/mol. The van der Waals surface area contributed by atoms with Crippen molar-refractivity contribution in [3.8, 4) is 0 Å². The predicted octanol–water partition coefficient (Wildman–Crippen LogP) is 2.63. The Morgan fingerprint density at radius 3 is 2.67 bits per heavy atom. The van der Waals surface area contributed by atoms with Crippen molar-refractivity contribution in [2.24, 2.45) is 5.92 Å². The fraction of sp³-hybridized carbons (Fsp3) is 0.455. The van der Waals surface area contributed by atoms with Crippen LogP contribution in [0.4, 0.5) is 0 Å². The number of carbonyl (C=O) groups is 1. The summed E-state index contributed by atoms with van der Waals surface area (Å²) in [4.78, 5) is 15.4. The number of pyridine rings is 1. The minimum absolute atomic E-state index is 0.0672. The minimum atomic E-state index is -0.784. The van der Waals surface area contributed by atoms with Crippen LogP contribution in [-0.4, -0.2) is 22.3 Å². The molecule has 1 N–H and O–H groups in total. The summed E-state index contributed by atoms with van der Waals surface area (Å²) >= 11 is 1.48. The molecule has 0 spiro atoms. The molecule has 1 aromatic rings. The second-order valence-corrected chi connectivity index (χ2v) is 4.46. The van der Waals surface area contributed by atoms with Gasteiger partial charge in [0.15, 0.2) is 0 Å². The molecule has 1 unspecified atom stereocenters. The van der Waals surface area contributed by atoms with Crippen molar-refractivity contribution in [3.63, 3.8) is 0 Å². The van der Waals surface area contributed by atoms with Crippen LogP contribution in [0.1, 0.15) is 25.3 Å². The van der Waals surface area contributed by atoms with Gasteiger partial charge in [0.2, 0.25) is 0 Å². The maximum absolute atomic E-state index is 11.2. The Bertz CT molecular complexity index is 352. The van der Waals surface area contributed by atoms with Gasteiger partial charge in [-0.25, -0.2) is 4.98 Å². The molecule has 0 amide bonds. The van der Waals surface area contributed by atoms with Gasteiger partial charge in [0.1, 0.15) is 0 Å². The van der Waals surface area contributed by atoms with E-state index in [0.29, 0.717) is 0 Å². The van der Waals surface area contributed by atoms with E-state index in [1.807, 2.05) is 26.2 Å². The molecule has 1 heterocycles. The predicted molar refractivity (Wildman–Crippen MR) is 61.2 cm³/mol. The first-order valence-electron chi connectivity index (χ1n) is 4.79. The summed E-state index contributed by atoms with van der Waals surface area (Å²) in [5.74, 6) is -1.19. The molecule has 1 atom stereocenters. The van der Waals surface area contributed by atoms with Gasteiger partial charge in [-0.15, -0.1) is 11.8 Å². The van der Waals surface area contributed by atoms with Gasteiger partial charge in [-0.05, 0) is 23.8 Å². The Hall–Kier alpha value is -1.03. The van der Waals surface area contributed by atoms with E-state index < -0.39 is 11.9 Å². The maximum atomic E-state index is 11.2. The van der Waals surface area contributed by atoms with Crippen LogP contribution >= 0.6 is 11.8 Å². The molecule has 0 radical (unpaired) electrons. The first-order chi connectivity index (χ1) is 7.07. The van der Waals surface area contributed by atoms with Gasteiger partial charge in [0, 0.05) is 6.20 Å². The number of hydrogen-bond donors (Lipinski definition) is 1. The first-order valence-corrected chi connectivity index (χ1v) is 6.02. The smallest absolute Gasteiger partial charge is 0.311 e. The van der Waals surface area contributed by atoms with Crippen molar-refractivity contribution < 1.29 is 9.90 Å². The third kappa shape index (κ3) is 2.72. The van der Waals surface area contributed by atoms with Gasteiger partial charge < -0.3 is 5.11 Å². The summed E-state index contributed by atoms with van der Waals surface area (Å²) in [6.45, 7) is 3.83. The lowest BCUT2D eigenvalue weighted by atomic mass is 9.89. The van der Waals surface area contributed by atoms with Crippen LogP contribution in [0.15, 0.2) is 23.4 Å². The number of aromatic nitrogens is 1. The Morgan fingerprint density at radius 1 is 1.53 bits per heavy atom. The molecule has 0 fully saturated rings. The third-order valence-corrected chi connectivity index (χ3v) is 2.99. The molecule has 4 heteroatoms. The number of rotatable bonds is 4. The standard InChI is InChI=1S/C11H15NO2S/c1-7(2)9(11(13)14)8-5-4-6-12-10(8)15-3/h4-7,9H,1-3H3,(H,13,14). The molecule has 1 rings (SSSR count). The van der Waals surface area contributed by atoms with Gasteiger partial charge in [-0.1, -0.05) is 19.9 Å². The van der Waals surface area contributed by atoms with E-state index in [-0.39, 0.29) is 5.92 Å². The Labute approximate surface area is 93.9 Å². The van der Waals surface area contributed by atoms with Crippen molar-refractivity contribution in [3.05, 3.63) is 23.9 Å². The van der Waals surface area contributed by atoms with E-state index in [4.69, 9.17) is 0 Å². The molecule has 3 nitrogen and oxygen atoms in total. The largest absolute Gasteiger partial charge is 0.481 e. The monoisotopic (exact) mass is 225 g/mol. The minimum Gasteiger partial charge on any atom is -0.481 e. The summed E-state index contributed by atoms with van der Waals surface area (Å²) < 4.78 is 0. The lowest BCUT2D eigenvalue weighted by molar-refractivity contribution is -0.139. The zero-order valence-electron chi connectivity index (χ0n) is 9.10. The molecule has 0 aromatic carbocycles. The van der Waals surface area contributed by atoms with E-state index in [1.165, 1.54) is 11.8 Å². The van der Waals surface area contributed by atoms with Crippen molar-refractivity contribution in [1.29, 1.82) is 0 Å². The van der Waals surface area contributed by atoms with Crippen LogP contribution in [-0.2, 0) is 4.79 Å². The molecule has 0 aliphatic rings. The highest BCUT2D eigenvalue weighted by Crippen LogP contribution is 2.30. The molecule has 0 aliphatic heterocycles. The maximum Gasteiger partial charge on any atom is 0.311 e. The average Bonchev–Trinajstić information content (AvgIpc) is 2.17. The van der Waals surface area contributed by atoms with Crippen LogP contribution in [0.5, 0.6) is 0 Å². The van der Waals surface area contributed by atoms with Gasteiger partial charge in [0.05, 0.1) is 10.9 Å². The Balaban J connectivity index is 3.16. The number of nitrogens with zero attached hydrogens (tertiary/aromatic N) is 1. The number of aliphatic carboxylic acids is 1. The van der Waals surface area contributed by atoms with E-state index in [1.54, 1.807) is 12.3 Å². The third-order valence-electron chi connectivity index (χ3n) is 2.26. The number of thioether (sulfide) groups is 1. The lowest BCUT2D eigenvalue weighted by Crippen LogP contribution is -2.18. The fourth-order valence-corrected chi connectivity index (χ4v) is 2.18. The Kier molecular flexibility index (Phi) is 4.15. The lowest BCUT2D eigenvalue weighted by Gasteiger charge is -2.18. The second-order valence-electron chi connectivity index (χ2n) is 3.66. The molecule has 0 saturated heterocycles. The van der Waals surface area contributed by atoms with Crippen LogP contribution < -0.4 is 0 Å². The number of hydrogen-bond acceptors (Lipinski definition) is 3. The van der Waals surface area contributed by atoms with Crippen molar-refractivity contribution in [1.82, 2.24) is 4.98 Å². The number of carboxylic acid groups (broad SMARTS) is 1. The highest BCUT2D eigenvalue weighted by Gasteiger charge is 2.26. The SMILES string of the molecule is CSc1ncccc1C(C(=O)O)C(C)C. The summed E-state index contributed by atoms with van der Waals surface area (Å²) in [5.41, 5.74) is 0.813. The van der Waals surface area contributed by atoms with Gasteiger partial charge in [0.25, 0.3) is 0 Å². The molecular formula is C11H15NO2S. The van der Waals surface area contributed by atoms with Crippen LogP contribution in [0.2, 0.25) is 0 Å². The van der Waals surface area contributed by atoms with E-state index in [0.717, 1.165) is 10.6 Å². The molecule has 1 aromatic heterocycles. The summed E-state index contributed by atoms with van der Waals surface area (Å²) in [6.07, 6.45) is 3.60. The molecule has 82 valence electrons. The van der Waals surface area contributed by atoms with Crippen molar-refractivity contribution >= 4 is 17.7 Å². The van der Waals surface area contributed by atoms with Crippen LogP contribution in [0, 0.1) is 5.92 Å². The fourth-order valence-electron chi connectivity index (χ4n) is 1.59. The quantitative estimate of drug-likeness (QED) is 0.800. The number of carboxylic acids is 1. The van der Waals surface area contributed by atoms with E-state index in [2.05, 4.69) is 4.98 Å². The highest BCUT2D eigenvalue weighted by atomic mass is 32.2. The molecule has 0 saturated carbocycles. The van der Waals surface area contributed by atoms with Crippen LogP contribution in [0.3, 0.4) is 0 Å². The Morgan fingerprint density at radius 2 is 2.20 bits per heavy atom. The zero-order valence-corrected chi connectivity index (χ0v) is 9.91. The van der Waals surface area contributed by atoms with E-state index >= 15 is 0 Å². The molecule has 15 heavy (non-hydrogen) atoms. The van der Waals surface area contributed by atoms with Crippen LogP contribution in [0.25, 0.3) is 0 Å². The molecular weight excluding hydrogens is 210 g/mol. The summed E-state index contributed by atoms with van der Waals surface area (Å²) in [7, 11) is 0. The second kappa shape index (κ2) is 5.16. The summed E-state index contributed by atoms with van der Waals surface area (Å²) in [6, 6.07) is 3.63. The molecule has 0 aliphatic carbocycles. The zero-order chi connectivity index (χ0) is 11.4. The normalized spacial score (nSPS) is 12.8.